The lowest BCUT2D eigenvalue weighted by atomic mass is 10.2. The van der Waals surface area contributed by atoms with Crippen LogP contribution >= 0.6 is 11.8 Å². The molecule has 2 aromatic rings. The molecule has 3 rings (SSSR count). The van der Waals surface area contributed by atoms with Crippen LogP contribution in [0.15, 0.2) is 29.4 Å². The monoisotopic (exact) mass is 363 g/mol. The van der Waals surface area contributed by atoms with Crippen LogP contribution in [0.2, 0.25) is 0 Å². The molecule has 0 aliphatic carbocycles. The summed E-state index contributed by atoms with van der Waals surface area (Å²) in [5.74, 6) is 0.167. The largest absolute Gasteiger partial charge is 0.339 e. The number of H-pyrrole nitrogens is 1. The SMILES string of the molecule is CC(=O)N1CCN(C(=O)CSc2n[nH]c(-c3ccccc3F)n2)CC1. The highest BCUT2D eigenvalue weighted by atomic mass is 32.2. The molecule has 2 heterocycles. The summed E-state index contributed by atoms with van der Waals surface area (Å²) in [6.45, 7) is 3.72. The smallest absolute Gasteiger partial charge is 0.233 e. The van der Waals surface area contributed by atoms with Gasteiger partial charge in [-0.25, -0.2) is 9.37 Å². The number of carbonyl (C=O) groups excluding carboxylic acids is 2. The summed E-state index contributed by atoms with van der Waals surface area (Å²) in [5, 5.41) is 7.11. The molecule has 1 N–H and O–H groups in total. The normalized spacial score (nSPS) is 14.6. The first kappa shape index (κ1) is 17.4. The van der Waals surface area contributed by atoms with Gasteiger partial charge >= 0.3 is 0 Å². The molecule has 0 radical (unpaired) electrons. The van der Waals surface area contributed by atoms with Crippen LogP contribution < -0.4 is 0 Å². The summed E-state index contributed by atoms with van der Waals surface area (Å²) >= 11 is 1.20. The summed E-state index contributed by atoms with van der Waals surface area (Å²) in [4.78, 5) is 31.2. The molecular formula is C16H18FN5O2S. The topological polar surface area (TPSA) is 82.2 Å². The van der Waals surface area contributed by atoms with E-state index < -0.39 is 0 Å². The second kappa shape index (κ2) is 7.64. The van der Waals surface area contributed by atoms with Gasteiger partial charge in [0.15, 0.2) is 5.82 Å². The lowest BCUT2D eigenvalue weighted by Gasteiger charge is -2.34. The Kier molecular flexibility index (Phi) is 5.32. The van der Waals surface area contributed by atoms with E-state index in [1.807, 2.05) is 0 Å². The van der Waals surface area contributed by atoms with E-state index in [1.54, 1.807) is 28.0 Å². The fourth-order valence-corrected chi connectivity index (χ4v) is 3.27. The average molecular weight is 363 g/mol. The minimum atomic E-state index is -0.380. The molecule has 1 aliphatic heterocycles. The summed E-state index contributed by atoms with van der Waals surface area (Å²) in [7, 11) is 0. The maximum atomic E-state index is 13.7. The number of hydrogen-bond donors (Lipinski definition) is 1. The second-order valence-electron chi connectivity index (χ2n) is 5.62. The van der Waals surface area contributed by atoms with Gasteiger partial charge < -0.3 is 9.80 Å². The number of thioether (sulfide) groups is 1. The lowest BCUT2D eigenvalue weighted by Crippen LogP contribution is -2.50. The summed E-state index contributed by atoms with van der Waals surface area (Å²) < 4.78 is 13.7. The van der Waals surface area contributed by atoms with Crippen molar-refractivity contribution in [2.24, 2.45) is 0 Å². The van der Waals surface area contributed by atoms with Gasteiger partial charge in [-0.3, -0.25) is 14.7 Å². The highest BCUT2D eigenvalue weighted by Gasteiger charge is 2.22. The van der Waals surface area contributed by atoms with Crippen molar-refractivity contribution >= 4 is 23.6 Å². The van der Waals surface area contributed by atoms with Crippen molar-refractivity contribution in [2.45, 2.75) is 12.1 Å². The van der Waals surface area contributed by atoms with Crippen molar-refractivity contribution in [1.82, 2.24) is 25.0 Å². The zero-order valence-electron chi connectivity index (χ0n) is 13.7. The first-order valence-corrected chi connectivity index (χ1v) is 8.86. The van der Waals surface area contributed by atoms with Crippen molar-refractivity contribution in [1.29, 1.82) is 0 Å². The number of aromatic amines is 1. The molecule has 132 valence electrons. The number of rotatable bonds is 4. The third-order valence-corrected chi connectivity index (χ3v) is 4.83. The van der Waals surface area contributed by atoms with E-state index in [-0.39, 0.29) is 23.4 Å². The number of nitrogens with zero attached hydrogens (tertiary/aromatic N) is 4. The molecule has 1 aliphatic rings. The van der Waals surface area contributed by atoms with Crippen LogP contribution in [0.3, 0.4) is 0 Å². The van der Waals surface area contributed by atoms with Crippen molar-refractivity contribution in [3.8, 4) is 11.4 Å². The van der Waals surface area contributed by atoms with E-state index in [4.69, 9.17) is 0 Å². The first-order chi connectivity index (χ1) is 12.0. The summed E-state index contributed by atoms with van der Waals surface area (Å²) in [5.41, 5.74) is 0.341. The highest BCUT2D eigenvalue weighted by Crippen LogP contribution is 2.21. The maximum absolute atomic E-state index is 13.7. The van der Waals surface area contributed by atoms with Crippen molar-refractivity contribution < 1.29 is 14.0 Å². The van der Waals surface area contributed by atoms with Gasteiger partial charge in [-0.2, -0.15) is 0 Å². The van der Waals surface area contributed by atoms with Gasteiger partial charge in [0.2, 0.25) is 17.0 Å². The van der Waals surface area contributed by atoms with Gasteiger partial charge in [-0.05, 0) is 12.1 Å². The Morgan fingerprint density at radius 2 is 1.88 bits per heavy atom. The third kappa shape index (κ3) is 4.16. The highest BCUT2D eigenvalue weighted by molar-refractivity contribution is 7.99. The zero-order valence-corrected chi connectivity index (χ0v) is 14.6. The maximum Gasteiger partial charge on any atom is 0.233 e. The van der Waals surface area contributed by atoms with Crippen LogP contribution in [0.5, 0.6) is 0 Å². The van der Waals surface area contributed by atoms with Gasteiger partial charge in [-0.15, -0.1) is 5.10 Å². The zero-order chi connectivity index (χ0) is 17.8. The molecule has 9 heteroatoms. The van der Waals surface area contributed by atoms with Crippen molar-refractivity contribution in [3.05, 3.63) is 30.1 Å². The molecule has 0 saturated carbocycles. The Morgan fingerprint density at radius 3 is 2.56 bits per heavy atom. The van der Waals surface area contributed by atoms with Gasteiger partial charge in [0.1, 0.15) is 5.82 Å². The summed E-state index contributed by atoms with van der Waals surface area (Å²) in [6.07, 6.45) is 0. The van der Waals surface area contributed by atoms with Gasteiger partial charge in [0, 0.05) is 33.1 Å². The minimum Gasteiger partial charge on any atom is -0.339 e. The van der Waals surface area contributed by atoms with Gasteiger partial charge in [-0.1, -0.05) is 23.9 Å². The van der Waals surface area contributed by atoms with E-state index in [1.165, 1.54) is 24.8 Å². The molecule has 1 aromatic carbocycles. The average Bonchev–Trinajstić information content (AvgIpc) is 3.09. The molecule has 0 spiro atoms. The molecule has 7 nitrogen and oxygen atoms in total. The first-order valence-electron chi connectivity index (χ1n) is 7.88. The third-order valence-electron chi connectivity index (χ3n) is 4.00. The number of benzene rings is 1. The van der Waals surface area contributed by atoms with Gasteiger partial charge in [0.25, 0.3) is 0 Å². The quantitative estimate of drug-likeness (QED) is 0.830. The number of amides is 2. The Hall–Kier alpha value is -2.42. The Bertz CT molecular complexity index is 773. The molecule has 1 fully saturated rings. The lowest BCUT2D eigenvalue weighted by molar-refractivity contribution is -0.136. The van der Waals surface area contributed by atoms with E-state index in [0.29, 0.717) is 42.7 Å². The molecule has 0 atom stereocenters. The predicted octanol–water partition coefficient (Wildman–Crippen LogP) is 1.39. The van der Waals surface area contributed by atoms with E-state index >= 15 is 0 Å². The van der Waals surface area contributed by atoms with Crippen LogP contribution in [-0.4, -0.2) is 68.7 Å². The molecule has 0 bridgehead atoms. The standard InChI is InChI=1S/C16H18FN5O2S/c1-11(23)21-6-8-22(9-7-21)14(24)10-25-16-18-15(19-20-16)12-4-2-3-5-13(12)17/h2-5H,6-10H2,1H3,(H,18,19,20). The molecule has 1 aromatic heterocycles. The van der Waals surface area contributed by atoms with E-state index in [0.717, 1.165) is 0 Å². The Labute approximate surface area is 148 Å². The molecule has 0 unspecified atom stereocenters. The number of aromatic nitrogens is 3. The Morgan fingerprint density at radius 1 is 1.20 bits per heavy atom. The predicted molar refractivity (Wildman–Crippen MR) is 91.3 cm³/mol. The Balaban J connectivity index is 1.53. The molecule has 1 saturated heterocycles. The number of piperazine rings is 1. The molecule has 25 heavy (non-hydrogen) atoms. The fourth-order valence-electron chi connectivity index (χ4n) is 2.57. The summed E-state index contributed by atoms with van der Waals surface area (Å²) in [6, 6.07) is 6.30. The van der Waals surface area contributed by atoms with Crippen LogP contribution in [0.25, 0.3) is 11.4 Å². The van der Waals surface area contributed by atoms with Crippen LogP contribution in [0.1, 0.15) is 6.92 Å². The number of carbonyl (C=O) groups is 2. The van der Waals surface area contributed by atoms with Crippen LogP contribution in [0, 0.1) is 5.82 Å². The number of hydrogen-bond acceptors (Lipinski definition) is 5. The number of halogens is 1. The second-order valence-corrected chi connectivity index (χ2v) is 6.56. The minimum absolute atomic E-state index is 0.0227. The number of nitrogens with one attached hydrogen (secondary N) is 1. The molecule has 2 amide bonds. The van der Waals surface area contributed by atoms with Crippen LogP contribution in [-0.2, 0) is 9.59 Å². The van der Waals surface area contributed by atoms with Gasteiger partial charge in [0.05, 0.1) is 11.3 Å². The van der Waals surface area contributed by atoms with Crippen molar-refractivity contribution in [2.75, 3.05) is 31.9 Å². The van der Waals surface area contributed by atoms with E-state index in [9.17, 15) is 14.0 Å². The van der Waals surface area contributed by atoms with Crippen LogP contribution in [0.4, 0.5) is 4.39 Å². The van der Waals surface area contributed by atoms with E-state index in [2.05, 4.69) is 15.2 Å². The fraction of sp³-hybridized carbons (Fsp3) is 0.375. The van der Waals surface area contributed by atoms with Crippen molar-refractivity contribution in [3.63, 3.8) is 0 Å². The molecular weight excluding hydrogens is 345 g/mol.